The molecule has 10 heteroatoms. The van der Waals surface area contributed by atoms with Crippen molar-refractivity contribution in [3.05, 3.63) is 0 Å². The first-order chi connectivity index (χ1) is 26.3. The summed E-state index contributed by atoms with van der Waals surface area (Å²) < 4.78 is 11.2. The third-order valence-corrected chi connectivity index (χ3v) is 11.3. The maximum Gasteiger partial charge on any atom is 0.220 e. The van der Waals surface area contributed by atoms with Gasteiger partial charge in [0.15, 0.2) is 6.29 Å². The van der Waals surface area contributed by atoms with Crippen molar-refractivity contribution in [3.8, 4) is 0 Å². The Hall–Kier alpha value is -0.850. The van der Waals surface area contributed by atoms with Gasteiger partial charge in [0.05, 0.1) is 25.4 Å². The zero-order valence-corrected chi connectivity index (χ0v) is 34.9. The number of carbonyl (C=O) groups excluding carboxylic acids is 1. The van der Waals surface area contributed by atoms with E-state index in [0.717, 1.165) is 38.5 Å². The summed E-state index contributed by atoms with van der Waals surface area (Å²) in [6, 6.07) is -0.983. The van der Waals surface area contributed by atoms with Crippen molar-refractivity contribution in [1.82, 2.24) is 5.32 Å². The fourth-order valence-corrected chi connectivity index (χ4v) is 7.55. The number of hydrogen-bond acceptors (Lipinski definition) is 9. The number of ether oxygens (including phenoxy) is 2. The van der Waals surface area contributed by atoms with Crippen LogP contribution in [0.3, 0.4) is 0 Å². The third kappa shape index (κ3) is 25.4. The molecule has 0 radical (unpaired) electrons. The Morgan fingerprint density at radius 1 is 0.574 bits per heavy atom. The molecule has 0 spiro atoms. The van der Waals surface area contributed by atoms with Gasteiger partial charge in [0.1, 0.15) is 30.5 Å². The average Bonchev–Trinajstić information content (AvgIpc) is 3.17. The van der Waals surface area contributed by atoms with E-state index in [0.29, 0.717) is 6.42 Å². The molecular weight excluding hydrogens is 686 g/mol. The highest BCUT2D eigenvalue weighted by molar-refractivity contribution is 5.76. The van der Waals surface area contributed by atoms with Crippen LogP contribution in [0.4, 0.5) is 0 Å². The van der Waals surface area contributed by atoms with Crippen LogP contribution in [-0.2, 0) is 14.3 Å². The molecular formula is C44H87NO9. The molecule has 2 unspecified atom stereocenters. The van der Waals surface area contributed by atoms with Gasteiger partial charge in [-0.15, -0.1) is 0 Å². The van der Waals surface area contributed by atoms with Gasteiger partial charge in [0.2, 0.25) is 5.91 Å². The lowest BCUT2D eigenvalue weighted by Gasteiger charge is -2.40. The van der Waals surface area contributed by atoms with Gasteiger partial charge in [0, 0.05) is 6.42 Å². The Labute approximate surface area is 330 Å². The monoisotopic (exact) mass is 774 g/mol. The van der Waals surface area contributed by atoms with Gasteiger partial charge in [-0.05, 0) is 12.8 Å². The number of carbonyl (C=O) groups is 1. The van der Waals surface area contributed by atoms with Gasteiger partial charge in [0.25, 0.3) is 0 Å². The van der Waals surface area contributed by atoms with E-state index in [9.17, 15) is 35.4 Å². The molecule has 0 saturated carbocycles. The van der Waals surface area contributed by atoms with Crippen molar-refractivity contribution in [3.63, 3.8) is 0 Å². The predicted octanol–water partition coefficient (Wildman–Crippen LogP) is 8.14. The largest absolute Gasteiger partial charge is 0.394 e. The molecule has 0 aromatic rings. The van der Waals surface area contributed by atoms with Gasteiger partial charge in [-0.2, -0.15) is 0 Å². The Morgan fingerprint density at radius 2 is 0.963 bits per heavy atom. The number of unbranched alkanes of at least 4 members (excludes halogenated alkanes) is 27. The first kappa shape index (κ1) is 51.2. The molecule has 0 bridgehead atoms. The van der Waals surface area contributed by atoms with Crippen LogP contribution in [0.1, 0.15) is 213 Å². The minimum atomic E-state index is -1.60. The summed E-state index contributed by atoms with van der Waals surface area (Å²) in [5, 5.41) is 65.1. The van der Waals surface area contributed by atoms with Gasteiger partial charge in [-0.25, -0.2) is 0 Å². The summed E-state index contributed by atoms with van der Waals surface area (Å²) >= 11 is 0. The molecule has 10 nitrogen and oxygen atoms in total. The second-order valence-electron chi connectivity index (χ2n) is 16.3. The van der Waals surface area contributed by atoms with Crippen LogP contribution in [0.15, 0.2) is 0 Å². The van der Waals surface area contributed by atoms with Crippen molar-refractivity contribution in [2.24, 2.45) is 0 Å². The molecule has 0 aromatic heterocycles. The first-order valence-corrected chi connectivity index (χ1v) is 22.8. The van der Waals surface area contributed by atoms with Crippen LogP contribution < -0.4 is 5.32 Å². The second-order valence-corrected chi connectivity index (χ2v) is 16.3. The minimum absolute atomic E-state index is 0.255. The molecule has 0 aromatic carbocycles. The standard InChI is InChI=1S/C44H87NO9/c1-3-5-7-9-11-13-15-17-18-19-21-23-25-27-29-31-33-39(48)45-36(35-53-44-43(52)42(51)41(50)38(34-46)54-44)40(49)37(47)32-30-28-26-24-22-20-16-14-12-10-8-6-4-2/h36-38,40-44,46-47,49-52H,3-35H2,1-2H3,(H,45,48)/t36-,37+,38+,40-,41+,42?,43?,44+/m0/s1. The van der Waals surface area contributed by atoms with Gasteiger partial charge in [-0.1, -0.05) is 194 Å². The Balaban J connectivity index is 2.39. The number of aliphatic hydroxyl groups excluding tert-OH is 6. The molecule has 8 atom stereocenters. The molecule has 1 aliphatic rings. The quantitative estimate of drug-likeness (QED) is 0.0306. The SMILES string of the molecule is CCCCCCCCCCCCCCCCCCC(=O)N[C@@H](CO[C@@H]1O[C@H](CO)[C@@H](O)C(O)C1O)[C@H](O)[C@H](O)CCCCCCCCCCCCCCC. The predicted molar refractivity (Wildman–Crippen MR) is 218 cm³/mol. The van der Waals surface area contributed by atoms with Gasteiger partial charge in [-0.3, -0.25) is 4.79 Å². The molecule has 1 fully saturated rings. The zero-order valence-electron chi connectivity index (χ0n) is 34.9. The van der Waals surface area contributed by atoms with Crippen molar-refractivity contribution in [1.29, 1.82) is 0 Å². The third-order valence-electron chi connectivity index (χ3n) is 11.3. The van der Waals surface area contributed by atoms with Crippen molar-refractivity contribution >= 4 is 5.91 Å². The van der Waals surface area contributed by atoms with Crippen molar-refractivity contribution < 1.29 is 44.9 Å². The number of rotatable bonds is 38. The first-order valence-electron chi connectivity index (χ1n) is 22.8. The van der Waals surface area contributed by atoms with E-state index in [1.54, 1.807) is 0 Å². The summed E-state index contributed by atoms with van der Waals surface area (Å²) in [7, 11) is 0. The summed E-state index contributed by atoms with van der Waals surface area (Å²) in [5.41, 5.74) is 0. The van der Waals surface area contributed by atoms with Crippen LogP contribution in [0.25, 0.3) is 0 Å². The lowest BCUT2D eigenvalue weighted by molar-refractivity contribution is -0.303. The normalized spacial score (nSPS) is 22.0. The van der Waals surface area contributed by atoms with Crippen molar-refractivity contribution in [2.45, 2.75) is 262 Å². The van der Waals surface area contributed by atoms with Gasteiger partial charge < -0.3 is 45.4 Å². The fourth-order valence-electron chi connectivity index (χ4n) is 7.55. The number of hydrogen-bond donors (Lipinski definition) is 7. The van der Waals surface area contributed by atoms with E-state index < -0.39 is 55.6 Å². The summed E-state index contributed by atoms with van der Waals surface area (Å²) in [6.07, 6.45) is 26.7. The highest BCUT2D eigenvalue weighted by atomic mass is 16.7. The van der Waals surface area contributed by atoms with E-state index in [4.69, 9.17) is 9.47 Å². The molecule has 1 saturated heterocycles. The topological polar surface area (TPSA) is 169 Å². The Kier molecular flexibility index (Phi) is 33.5. The van der Waals surface area contributed by atoms with Crippen LogP contribution in [0.2, 0.25) is 0 Å². The molecule has 1 aliphatic heterocycles. The zero-order chi connectivity index (χ0) is 39.7. The average molecular weight is 774 g/mol. The van der Waals surface area contributed by atoms with E-state index in [2.05, 4.69) is 19.2 Å². The molecule has 1 heterocycles. The molecule has 322 valence electrons. The highest BCUT2D eigenvalue weighted by Crippen LogP contribution is 2.23. The minimum Gasteiger partial charge on any atom is -0.394 e. The molecule has 54 heavy (non-hydrogen) atoms. The Bertz CT molecular complexity index is 834. The van der Waals surface area contributed by atoms with E-state index in [1.165, 1.54) is 148 Å². The van der Waals surface area contributed by atoms with Gasteiger partial charge >= 0.3 is 0 Å². The maximum absolute atomic E-state index is 13.0. The summed E-state index contributed by atoms with van der Waals surface area (Å²) in [5.74, 6) is -0.255. The number of aliphatic hydroxyl groups is 6. The number of amides is 1. The number of nitrogens with one attached hydrogen (secondary N) is 1. The summed E-state index contributed by atoms with van der Waals surface area (Å²) in [4.78, 5) is 13.0. The molecule has 7 N–H and O–H groups in total. The smallest absolute Gasteiger partial charge is 0.220 e. The van der Waals surface area contributed by atoms with E-state index in [1.807, 2.05) is 0 Å². The van der Waals surface area contributed by atoms with E-state index in [-0.39, 0.29) is 18.9 Å². The van der Waals surface area contributed by atoms with Crippen molar-refractivity contribution in [2.75, 3.05) is 13.2 Å². The highest BCUT2D eigenvalue weighted by Gasteiger charge is 2.44. The molecule has 1 rings (SSSR count). The second kappa shape index (κ2) is 35.3. The van der Waals surface area contributed by atoms with Crippen LogP contribution in [0, 0.1) is 0 Å². The lowest BCUT2D eigenvalue weighted by atomic mass is 9.98. The fraction of sp³-hybridized carbons (Fsp3) is 0.977. The Morgan fingerprint density at radius 3 is 1.37 bits per heavy atom. The summed E-state index contributed by atoms with van der Waals surface area (Å²) in [6.45, 7) is 3.61. The van der Waals surface area contributed by atoms with Crippen LogP contribution in [-0.4, -0.2) is 98.7 Å². The molecule has 0 aliphatic carbocycles. The van der Waals surface area contributed by atoms with E-state index >= 15 is 0 Å². The maximum atomic E-state index is 13.0. The lowest BCUT2D eigenvalue weighted by Crippen LogP contribution is -2.60. The molecule has 1 amide bonds. The van der Waals surface area contributed by atoms with Crippen LogP contribution >= 0.6 is 0 Å². The van der Waals surface area contributed by atoms with Crippen LogP contribution in [0.5, 0.6) is 0 Å².